The average Bonchev–Trinajstić information content (AvgIpc) is 2.37. The Balaban J connectivity index is 2.39. The normalized spacial score (nSPS) is 11.7. The van der Waals surface area contributed by atoms with Gasteiger partial charge in [-0.2, -0.15) is 0 Å². The molecule has 0 atom stereocenters. The maximum Gasteiger partial charge on any atom is 0.194 e. The fourth-order valence-electron chi connectivity index (χ4n) is 1.98. The number of rotatable bonds is 4. The van der Waals surface area contributed by atoms with Crippen molar-refractivity contribution in [2.75, 3.05) is 6.61 Å². The molecule has 0 aliphatic rings. The van der Waals surface area contributed by atoms with Crippen LogP contribution in [-0.2, 0) is 4.74 Å². The number of carbonyl (C=O) groups is 1. The molecule has 0 aliphatic heterocycles. The third kappa shape index (κ3) is 2.41. The van der Waals surface area contributed by atoms with Crippen molar-refractivity contribution in [1.82, 2.24) is 4.98 Å². The summed E-state index contributed by atoms with van der Waals surface area (Å²) in [5, 5.41) is 1.03. The van der Waals surface area contributed by atoms with Crippen molar-refractivity contribution in [2.24, 2.45) is 0 Å². The molecule has 0 bridgehead atoms. The van der Waals surface area contributed by atoms with E-state index in [1.54, 1.807) is 20.0 Å². The van der Waals surface area contributed by atoms with Gasteiger partial charge in [0.05, 0.1) is 5.52 Å². The van der Waals surface area contributed by atoms with Crippen molar-refractivity contribution in [2.45, 2.75) is 26.4 Å². The average molecular weight is 243 g/mol. The van der Waals surface area contributed by atoms with Gasteiger partial charge in [-0.1, -0.05) is 18.2 Å². The smallest absolute Gasteiger partial charge is 0.194 e. The van der Waals surface area contributed by atoms with E-state index in [4.69, 9.17) is 4.74 Å². The van der Waals surface area contributed by atoms with Crippen LogP contribution in [0.3, 0.4) is 0 Å². The molecule has 18 heavy (non-hydrogen) atoms. The number of benzene rings is 1. The van der Waals surface area contributed by atoms with Crippen molar-refractivity contribution in [3.8, 4) is 0 Å². The lowest BCUT2D eigenvalue weighted by Gasteiger charge is -2.23. The Hall–Kier alpha value is -1.74. The number of nitrogens with zero attached hydrogens (tertiary/aromatic N) is 1. The molecule has 0 aliphatic carbocycles. The van der Waals surface area contributed by atoms with Gasteiger partial charge in [0, 0.05) is 23.8 Å². The summed E-state index contributed by atoms with van der Waals surface area (Å²) in [6.45, 7) is 5.99. The van der Waals surface area contributed by atoms with E-state index in [0.29, 0.717) is 12.2 Å². The Morgan fingerprint density at radius 1 is 1.33 bits per heavy atom. The van der Waals surface area contributed by atoms with Gasteiger partial charge in [0.15, 0.2) is 5.78 Å². The minimum absolute atomic E-state index is 0.0168. The summed E-state index contributed by atoms with van der Waals surface area (Å²) >= 11 is 0. The molecule has 0 saturated carbocycles. The number of carbonyl (C=O) groups excluding carboxylic acids is 1. The second-order valence-electron chi connectivity index (χ2n) is 4.68. The van der Waals surface area contributed by atoms with Gasteiger partial charge in [-0.25, -0.2) is 0 Å². The summed E-state index contributed by atoms with van der Waals surface area (Å²) in [5.41, 5.74) is 0.673. The third-order valence-corrected chi connectivity index (χ3v) is 2.92. The molecule has 0 unspecified atom stereocenters. The number of aromatic nitrogens is 1. The van der Waals surface area contributed by atoms with Crippen LogP contribution in [0, 0.1) is 0 Å². The number of ether oxygens (including phenoxy) is 1. The van der Waals surface area contributed by atoms with E-state index in [0.717, 1.165) is 10.9 Å². The SMILES string of the molecule is CCOC(C)(C)C(=O)c1ccc2cccnc2c1. The van der Waals surface area contributed by atoms with Crippen LogP contribution in [0.2, 0.25) is 0 Å². The molecule has 1 aromatic carbocycles. The van der Waals surface area contributed by atoms with Gasteiger partial charge in [-0.3, -0.25) is 9.78 Å². The Morgan fingerprint density at radius 3 is 2.83 bits per heavy atom. The second-order valence-corrected chi connectivity index (χ2v) is 4.68. The highest BCUT2D eigenvalue weighted by molar-refractivity contribution is 6.04. The Labute approximate surface area is 107 Å². The molecule has 2 rings (SSSR count). The van der Waals surface area contributed by atoms with Gasteiger partial charge in [-0.15, -0.1) is 0 Å². The zero-order chi connectivity index (χ0) is 13.2. The first-order chi connectivity index (χ1) is 8.54. The van der Waals surface area contributed by atoms with E-state index in [9.17, 15) is 4.79 Å². The largest absolute Gasteiger partial charge is 0.368 e. The Kier molecular flexibility index (Phi) is 3.43. The highest BCUT2D eigenvalue weighted by atomic mass is 16.5. The molecule has 2 aromatic rings. The molecular weight excluding hydrogens is 226 g/mol. The van der Waals surface area contributed by atoms with Crippen LogP contribution in [0.25, 0.3) is 10.9 Å². The third-order valence-electron chi connectivity index (χ3n) is 2.92. The number of hydrogen-bond donors (Lipinski definition) is 0. The van der Waals surface area contributed by atoms with Crippen molar-refractivity contribution in [3.63, 3.8) is 0 Å². The molecule has 0 fully saturated rings. The fourth-order valence-corrected chi connectivity index (χ4v) is 1.98. The van der Waals surface area contributed by atoms with Crippen LogP contribution < -0.4 is 0 Å². The van der Waals surface area contributed by atoms with Gasteiger partial charge in [-0.05, 0) is 32.9 Å². The first kappa shape index (κ1) is 12.7. The zero-order valence-electron chi connectivity index (χ0n) is 10.9. The van der Waals surface area contributed by atoms with Crippen LogP contribution in [0.4, 0.5) is 0 Å². The Morgan fingerprint density at radius 2 is 2.11 bits per heavy atom. The summed E-state index contributed by atoms with van der Waals surface area (Å²) in [5.74, 6) is -0.0168. The van der Waals surface area contributed by atoms with Crippen molar-refractivity contribution >= 4 is 16.7 Å². The maximum absolute atomic E-state index is 12.3. The predicted molar refractivity (Wildman–Crippen MR) is 71.8 cm³/mol. The summed E-state index contributed by atoms with van der Waals surface area (Å²) in [6, 6.07) is 9.42. The summed E-state index contributed by atoms with van der Waals surface area (Å²) in [4.78, 5) is 16.6. The quantitative estimate of drug-likeness (QED) is 0.774. The molecule has 0 saturated heterocycles. The van der Waals surface area contributed by atoms with E-state index >= 15 is 0 Å². The van der Waals surface area contributed by atoms with Gasteiger partial charge < -0.3 is 4.74 Å². The molecule has 1 aromatic heterocycles. The standard InChI is InChI=1S/C15H17NO2/c1-4-18-15(2,3)14(17)12-8-7-11-6-5-9-16-13(11)10-12/h5-10H,4H2,1-3H3. The zero-order valence-corrected chi connectivity index (χ0v) is 10.9. The van der Waals surface area contributed by atoms with Gasteiger partial charge in [0.25, 0.3) is 0 Å². The van der Waals surface area contributed by atoms with E-state index in [-0.39, 0.29) is 5.78 Å². The summed E-state index contributed by atoms with van der Waals surface area (Å²) < 4.78 is 5.49. The minimum atomic E-state index is -0.794. The molecule has 0 N–H and O–H groups in total. The molecule has 3 nitrogen and oxygen atoms in total. The number of hydrogen-bond acceptors (Lipinski definition) is 3. The number of pyridine rings is 1. The molecule has 0 spiro atoms. The lowest BCUT2D eigenvalue weighted by atomic mass is 9.95. The summed E-state index contributed by atoms with van der Waals surface area (Å²) in [6.07, 6.45) is 1.73. The molecular formula is C15H17NO2. The summed E-state index contributed by atoms with van der Waals surface area (Å²) in [7, 11) is 0. The van der Waals surface area contributed by atoms with Gasteiger partial charge in [0.2, 0.25) is 0 Å². The molecule has 0 amide bonds. The van der Waals surface area contributed by atoms with Crippen LogP contribution in [0.15, 0.2) is 36.5 Å². The maximum atomic E-state index is 12.3. The lowest BCUT2D eigenvalue weighted by Crippen LogP contribution is -2.35. The minimum Gasteiger partial charge on any atom is -0.368 e. The Bertz CT molecular complexity index is 575. The van der Waals surface area contributed by atoms with Crippen LogP contribution in [0.1, 0.15) is 31.1 Å². The number of fused-ring (bicyclic) bond motifs is 1. The van der Waals surface area contributed by atoms with Crippen molar-refractivity contribution < 1.29 is 9.53 Å². The van der Waals surface area contributed by atoms with Gasteiger partial charge >= 0.3 is 0 Å². The van der Waals surface area contributed by atoms with E-state index in [1.165, 1.54) is 0 Å². The molecule has 94 valence electrons. The van der Waals surface area contributed by atoms with Crippen molar-refractivity contribution in [3.05, 3.63) is 42.1 Å². The first-order valence-corrected chi connectivity index (χ1v) is 6.08. The molecule has 1 heterocycles. The first-order valence-electron chi connectivity index (χ1n) is 6.08. The highest BCUT2D eigenvalue weighted by Gasteiger charge is 2.29. The lowest BCUT2D eigenvalue weighted by molar-refractivity contribution is 0.00127. The number of ketones is 1. The van der Waals surface area contributed by atoms with E-state index in [2.05, 4.69) is 4.98 Å². The van der Waals surface area contributed by atoms with Crippen LogP contribution in [0.5, 0.6) is 0 Å². The van der Waals surface area contributed by atoms with E-state index in [1.807, 2.05) is 37.3 Å². The van der Waals surface area contributed by atoms with Crippen LogP contribution in [-0.4, -0.2) is 23.0 Å². The topological polar surface area (TPSA) is 39.2 Å². The highest BCUT2D eigenvalue weighted by Crippen LogP contribution is 2.20. The van der Waals surface area contributed by atoms with E-state index < -0.39 is 5.60 Å². The fraction of sp³-hybridized carbons (Fsp3) is 0.333. The second kappa shape index (κ2) is 4.86. The number of Topliss-reactive ketones (excluding diaryl/α,β-unsaturated/α-hetero) is 1. The monoisotopic (exact) mass is 243 g/mol. The van der Waals surface area contributed by atoms with Crippen LogP contribution >= 0.6 is 0 Å². The van der Waals surface area contributed by atoms with Crippen molar-refractivity contribution in [1.29, 1.82) is 0 Å². The molecule has 3 heteroatoms. The van der Waals surface area contributed by atoms with Gasteiger partial charge in [0.1, 0.15) is 5.60 Å². The predicted octanol–water partition coefficient (Wildman–Crippen LogP) is 3.23. The molecule has 0 radical (unpaired) electrons.